The lowest BCUT2D eigenvalue weighted by Gasteiger charge is -2.33. The lowest BCUT2D eigenvalue weighted by molar-refractivity contribution is 0.0663. The number of benzene rings is 1. The molecule has 142 valence electrons. The molecule has 1 N–H and O–H groups in total. The Kier molecular flexibility index (Phi) is 4.42. The molecule has 1 amide bonds. The molecule has 0 unspecified atom stereocenters. The molecule has 6 heteroatoms. The number of piperidine rings is 1. The van der Waals surface area contributed by atoms with Gasteiger partial charge < -0.3 is 19.1 Å². The van der Waals surface area contributed by atoms with Gasteiger partial charge in [-0.3, -0.25) is 4.79 Å². The molecule has 27 heavy (non-hydrogen) atoms. The minimum absolute atomic E-state index is 0.0655. The molecule has 4 rings (SSSR count). The number of aromatic hydroxyl groups is 1. The van der Waals surface area contributed by atoms with Crippen molar-refractivity contribution < 1.29 is 9.90 Å². The maximum atomic E-state index is 13.4. The van der Waals surface area contributed by atoms with E-state index in [1.807, 2.05) is 48.8 Å². The minimum atomic E-state index is 0.0655. The van der Waals surface area contributed by atoms with Crippen LogP contribution >= 0.6 is 0 Å². The van der Waals surface area contributed by atoms with Crippen molar-refractivity contribution >= 4 is 16.8 Å². The molecule has 3 heterocycles. The monoisotopic (exact) mass is 366 g/mol. The minimum Gasteiger partial charge on any atom is -0.508 e. The molecular formula is C21H26N4O2. The number of likely N-dealkylation sites (tertiary alicyclic amines) is 1. The van der Waals surface area contributed by atoms with Gasteiger partial charge in [0.2, 0.25) is 0 Å². The van der Waals surface area contributed by atoms with Gasteiger partial charge in [-0.05, 0) is 50.8 Å². The largest absolute Gasteiger partial charge is 0.508 e. The van der Waals surface area contributed by atoms with Crippen LogP contribution in [-0.4, -0.2) is 43.1 Å². The quantitative estimate of drug-likeness (QED) is 0.774. The van der Waals surface area contributed by atoms with Gasteiger partial charge in [0.15, 0.2) is 0 Å². The lowest BCUT2D eigenvalue weighted by Crippen LogP contribution is -2.41. The van der Waals surface area contributed by atoms with E-state index in [-0.39, 0.29) is 11.7 Å². The molecule has 1 aromatic carbocycles. The number of carbonyl (C=O) groups excluding carboxylic acids is 1. The summed E-state index contributed by atoms with van der Waals surface area (Å²) in [5, 5.41) is 10.7. The van der Waals surface area contributed by atoms with Crippen molar-refractivity contribution in [2.24, 2.45) is 13.0 Å². The number of nitrogens with zero attached hydrogens (tertiary/aromatic N) is 4. The van der Waals surface area contributed by atoms with E-state index in [4.69, 9.17) is 0 Å². The molecule has 2 aromatic heterocycles. The summed E-state index contributed by atoms with van der Waals surface area (Å²) in [7, 11) is 1.96. The van der Waals surface area contributed by atoms with E-state index in [9.17, 15) is 9.90 Å². The summed E-state index contributed by atoms with van der Waals surface area (Å²) in [5.74, 6) is 1.70. The molecule has 6 nitrogen and oxygen atoms in total. The number of fused-ring (bicyclic) bond motifs is 1. The predicted molar refractivity (Wildman–Crippen MR) is 105 cm³/mol. The second-order valence-electron chi connectivity index (χ2n) is 7.61. The van der Waals surface area contributed by atoms with Crippen molar-refractivity contribution in [3.8, 4) is 5.75 Å². The number of amides is 1. The molecule has 1 aliphatic heterocycles. The van der Waals surface area contributed by atoms with E-state index >= 15 is 0 Å². The van der Waals surface area contributed by atoms with E-state index in [0.717, 1.165) is 54.9 Å². The van der Waals surface area contributed by atoms with Crippen molar-refractivity contribution in [3.63, 3.8) is 0 Å². The Hall–Kier alpha value is -2.76. The van der Waals surface area contributed by atoms with Crippen LogP contribution < -0.4 is 0 Å². The highest BCUT2D eigenvalue weighted by Crippen LogP contribution is 2.30. The van der Waals surface area contributed by atoms with Gasteiger partial charge in [0.25, 0.3) is 5.91 Å². The first-order valence-electron chi connectivity index (χ1n) is 9.50. The summed E-state index contributed by atoms with van der Waals surface area (Å²) in [6.07, 6.45) is 5.97. The standard InChI is InChI=1S/C21H26N4O2/c1-14-20(18-11-17(26)6-7-19(18)23(14)3)21(27)25-9-4-5-16(13-25)12-24-10-8-22-15(24)2/h6-8,10-11,16,26H,4-5,9,12-13H2,1-3H3/t16-/m0/s1. The Labute approximate surface area is 159 Å². The van der Waals surface area contributed by atoms with Gasteiger partial charge in [-0.2, -0.15) is 0 Å². The van der Waals surface area contributed by atoms with E-state index < -0.39 is 0 Å². The van der Waals surface area contributed by atoms with Crippen LogP contribution in [0.4, 0.5) is 0 Å². The Balaban J connectivity index is 1.61. The first-order chi connectivity index (χ1) is 13.0. The first kappa shape index (κ1) is 17.6. The number of phenols is 1. The summed E-state index contributed by atoms with van der Waals surface area (Å²) in [4.78, 5) is 19.7. The zero-order chi connectivity index (χ0) is 19.1. The van der Waals surface area contributed by atoms with E-state index in [0.29, 0.717) is 11.5 Å². The lowest BCUT2D eigenvalue weighted by atomic mass is 9.96. The molecule has 0 aliphatic carbocycles. The van der Waals surface area contributed by atoms with Crippen molar-refractivity contribution in [2.75, 3.05) is 13.1 Å². The van der Waals surface area contributed by atoms with E-state index in [1.54, 1.807) is 12.1 Å². The fourth-order valence-corrected chi connectivity index (χ4v) is 4.26. The second-order valence-corrected chi connectivity index (χ2v) is 7.61. The predicted octanol–water partition coefficient (Wildman–Crippen LogP) is 3.25. The Morgan fingerprint density at radius 3 is 2.89 bits per heavy atom. The number of aromatic nitrogens is 3. The van der Waals surface area contributed by atoms with Crippen LogP contribution in [0.1, 0.15) is 34.7 Å². The van der Waals surface area contributed by atoms with Gasteiger partial charge in [-0.25, -0.2) is 4.98 Å². The van der Waals surface area contributed by atoms with E-state index in [2.05, 4.69) is 9.55 Å². The summed E-state index contributed by atoms with van der Waals surface area (Å²) < 4.78 is 4.19. The smallest absolute Gasteiger partial charge is 0.256 e. The van der Waals surface area contributed by atoms with Crippen LogP contribution in [0, 0.1) is 19.8 Å². The number of phenolic OH excluding ortho intramolecular Hbond substituents is 1. The maximum absolute atomic E-state index is 13.4. The Morgan fingerprint density at radius 1 is 1.33 bits per heavy atom. The SMILES string of the molecule is Cc1nccn1C[C@@H]1CCCN(C(=O)c2c(C)n(C)c3ccc(O)cc23)C1. The highest BCUT2D eigenvalue weighted by atomic mass is 16.3. The second kappa shape index (κ2) is 6.76. The first-order valence-corrected chi connectivity index (χ1v) is 9.50. The van der Waals surface area contributed by atoms with Gasteiger partial charge in [0.1, 0.15) is 11.6 Å². The normalized spacial score (nSPS) is 17.6. The van der Waals surface area contributed by atoms with Crippen LogP contribution in [0.15, 0.2) is 30.6 Å². The van der Waals surface area contributed by atoms with E-state index in [1.165, 1.54) is 0 Å². The molecule has 0 radical (unpaired) electrons. The third-order valence-electron chi connectivity index (χ3n) is 5.87. The number of hydrogen-bond acceptors (Lipinski definition) is 3. The average Bonchev–Trinajstić information content (AvgIpc) is 3.16. The van der Waals surface area contributed by atoms with Crippen LogP contribution in [0.3, 0.4) is 0 Å². The van der Waals surface area contributed by atoms with Gasteiger partial charge in [-0.1, -0.05) is 0 Å². The zero-order valence-electron chi connectivity index (χ0n) is 16.1. The van der Waals surface area contributed by atoms with Gasteiger partial charge >= 0.3 is 0 Å². The highest BCUT2D eigenvalue weighted by Gasteiger charge is 2.28. The molecule has 1 aliphatic rings. The molecule has 1 saturated heterocycles. The van der Waals surface area contributed by atoms with Gasteiger partial charge in [0.05, 0.1) is 5.56 Å². The number of hydrogen-bond donors (Lipinski definition) is 1. The fourth-order valence-electron chi connectivity index (χ4n) is 4.26. The number of rotatable bonds is 3. The fraction of sp³-hybridized carbons (Fsp3) is 0.429. The zero-order valence-corrected chi connectivity index (χ0v) is 16.1. The van der Waals surface area contributed by atoms with Crippen LogP contribution in [0.2, 0.25) is 0 Å². The van der Waals surface area contributed by atoms with Crippen LogP contribution in [0.25, 0.3) is 10.9 Å². The Bertz CT molecular complexity index is 1000. The third kappa shape index (κ3) is 3.09. The highest BCUT2D eigenvalue weighted by molar-refractivity contribution is 6.08. The van der Waals surface area contributed by atoms with Crippen molar-refractivity contribution in [1.29, 1.82) is 0 Å². The van der Waals surface area contributed by atoms with Gasteiger partial charge in [-0.15, -0.1) is 0 Å². The number of imidazole rings is 1. The van der Waals surface area contributed by atoms with Crippen molar-refractivity contribution in [1.82, 2.24) is 19.0 Å². The average molecular weight is 366 g/mol. The van der Waals surface area contributed by atoms with Crippen LogP contribution in [-0.2, 0) is 13.6 Å². The molecule has 0 bridgehead atoms. The van der Waals surface area contributed by atoms with Crippen LogP contribution in [0.5, 0.6) is 5.75 Å². The summed E-state index contributed by atoms with van der Waals surface area (Å²) in [6, 6.07) is 5.24. The number of aryl methyl sites for hydroxylation is 2. The maximum Gasteiger partial charge on any atom is 0.256 e. The van der Waals surface area contributed by atoms with Crippen molar-refractivity contribution in [3.05, 3.63) is 47.7 Å². The molecule has 0 spiro atoms. The summed E-state index contributed by atoms with van der Waals surface area (Å²) >= 11 is 0. The summed E-state index contributed by atoms with van der Waals surface area (Å²) in [5.41, 5.74) is 2.62. The molecular weight excluding hydrogens is 340 g/mol. The van der Waals surface area contributed by atoms with Gasteiger partial charge in [0, 0.05) is 55.7 Å². The topological polar surface area (TPSA) is 63.3 Å². The molecule has 1 fully saturated rings. The molecule has 0 saturated carbocycles. The summed E-state index contributed by atoms with van der Waals surface area (Å²) in [6.45, 7) is 6.42. The molecule has 1 atom stereocenters. The Morgan fingerprint density at radius 2 is 2.15 bits per heavy atom. The van der Waals surface area contributed by atoms with Crippen molar-refractivity contribution in [2.45, 2.75) is 33.2 Å². The molecule has 3 aromatic rings. The third-order valence-corrected chi connectivity index (χ3v) is 5.87. The number of carbonyl (C=O) groups is 1.